The molecule has 0 amide bonds. The topological polar surface area (TPSA) is 366 Å². The molecule has 0 aliphatic rings. The summed E-state index contributed by atoms with van der Waals surface area (Å²) in [6, 6.07) is 7.12. The van der Waals surface area contributed by atoms with Crippen molar-refractivity contribution < 1.29 is 38.9 Å². The lowest BCUT2D eigenvalue weighted by molar-refractivity contribution is 0.481. The van der Waals surface area contributed by atoms with Gasteiger partial charge in [-0.15, -0.1) is 20.5 Å². The molecule has 0 atom stereocenters. The first-order valence-corrected chi connectivity index (χ1v) is 21.4. The van der Waals surface area contributed by atoms with Crippen LogP contribution in [0.1, 0.15) is 5.82 Å². The summed E-state index contributed by atoms with van der Waals surface area (Å²) in [5, 5.41) is 20.7. The fourth-order valence-electron chi connectivity index (χ4n) is 4.32. The van der Waals surface area contributed by atoms with Gasteiger partial charge in [0.25, 0.3) is 30.4 Å². The summed E-state index contributed by atoms with van der Waals surface area (Å²) in [5.74, 6) is 0.145. The highest BCUT2D eigenvalue weighted by Gasteiger charge is 2.24. The van der Waals surface area contributed by atoms with Crippen LogP contribution in [-0.2, 0) is 36.1 Å². The van der Waals surface area contributed by atoms with Crippen LogP contribution in [0.3, 0.4) is 0 Å². The Labute approximate surface area is 335 Å². The van der Waals surface area contributed by atoms with Gasteiger partial charge >= 0.3 is 0 Å². The molecule has 0 bridgehead atoms. The summed E-state index contributed by atoms with van der Waals surface area (Å²) in [6.45, 7) is 0. The number of nitrogen functional groups attached to an aromatic ring is 2. The standard InChI is InChI=1S/C26H22Cl2N14O9S5/c1-53-26-37-23(28)36-25(38-26)32-11-3-4-15(54(43,44)45)12(6-11)39-41-14-8-17(56(49,50)51)20(30)21(19(14)29)42-40-13-7-10(2-5-16(13)55(46,47)48)31-24-34-18(9-52)33-22(27)35-24/h2-8,52H,9,29-30H2,1H3,(H,43,44,45)(H,46,47,48)(H,49,50,51)(H,31,33,34,35)(H,32,36,37,38). The molecule has 0 spiro atoms. The van der Waals surface area contributed by atoms with Crippen molar-refractivity contribution in [3.05, 3.63) is 58.9 Å². The fourth-order valence-corrected chi connectivity index (χ4v) is 7.04. The maximum absolute atomic E-state index is 12.4. The van der Waals surface area contributed by atoms with E-state index < -0.39 is 79.2 Å². The van der Waals surface area contributed by atoms with Gasteiger partial charge in [-0.1, -0.05) is 11.8 Å². The largest absolute Gasteiger partial charge is 0.396 e. The zero-order valence-corrected chi connectivity index (χ0v) is 33.2. The van der Waals surface area contributed by atoms with Crippen LogP contribution in [0, 0.1) is 0 Å². The molecule has 2 aromatic heterocycles. The van der Waals surface area contributed by atoms with Crippen molar-refractivity contribution >= 4 is 135 Å². The van der Waals surface area contributed by atoms with Crippen molar-refractivity contribution in [2.75, 3.05) is 28.4 Å². The molecule has 0 saturated carbocycles. The Balaban J connectivity index is 1.61. The second-order valence-electron chi connectivity index (χ2n) is 10.4. The smallest absolute Gasteiger partial charge is 0.296 e. The minimum absolute atomic E-state index is 0.0522. The molecule has 3 aromatic carbocycles. The van der Waals surface area contributed by atoms with E-state index in [4.69, 9.17) is 34.7 Å². The lowest BCUT2D eigenvalue weighted by atomic mass is 10.2. The number of thiol groups is 1. The van der Waals surface area contributed by atoms with Crippen molar-refractivity contribution in [2.45, 2.75) is 25.6 Å². The number of halogens is 2. The van der Waals surface area contributed by atoms with Crippen LogP contribution in [0.25, 0.3) is 0 Å². The molecule has 0 aliphatic heterocycles. The predicted octanol–water partition coefficient (Wildman–Crippen LogP) is 5.74. The number of azo groups is 2. The molecule has 56 heavy (non-hydrogen) atoms. The number of thioether (sulfide) groups is 1. The highest BCUT2D eigenvalue weighted by Crippen LogP contribution is 2.44. The van der Waals surface area contributed by atoms with E-state index in [1.165, 1.54) is 12.1 Å². The second-order valence-corrected chi connectivity index (χ2v) is 16.4. The highest BCUT2D eigenvalue weighted by molar-refractivity contribution is 7.98. The second kappa shape index (κ2) is 16.7. The Hall–Kier alpha value is -4.91. The molecule has 0 aliphatic carbocycles. The first-order valence-electron chi connectivity index (χ1n) is 14.4. The summed E-state index contributed by atoms with van der Waals surface area (Å²) in [7, 11) is -15.1. The molecule has 5 rings (SSSR count). The quantitative estimate of drug-likeness (QED) is 0.0229. The SMILES string of the molecule is CSc1nc(Cl)nc(Nc2ccc(S(=O)(=O)O)c(N=Nc3cc(S(=O)(=O)O)c(N)c(N=Nc4cc(Nc5nc(Cl)nc(CS)n5)ccc4S(=O)(=O)O)c3N)c2)n1. The molecule has 2 heterocycles. The molecule has 5 aromatic rings. The lowest BCUT2D eigenvalue weighted by Gasteiger charge is -2.12. The van der Waals surface area contributed by atoms with E-state index in [0.717, 1.165) is 36.0 Å². The summed E-state index contributed by atoms with van der Waals surface area (Å²) in [4.78, 5) is 21.3. The maximum Gasteiger partial charge on any atom is 0.296 e. The fraction of sp³-hybridized carbons (Fsp3) is 0.0769. The van der Waals surface area contributed by atoms with Crippen LogP contribution in [0.4, 0.5) is 57.4 Å². The van der Waals surface area contributed by atoms with E-state index in [9.17, 15) is 38.9 Å². The molecule has 0 fully saturated rings. The summed E-state index contributed by atoms with van der Waals surface area (Å²) < 4.78 is 103. The van der Waals surface area contributed by atoms with Gasteiger partial charge in [0.2, 0.25) is 22.5 Å². The van der Waals surface area contributed by atoms with Crippen molar-refractivity contribution in [1.29, 1.82) is 0 Å². The lowest BCUT2D eigenvalue weighted by Crippen LogP contribution is -2.05. The van der Waals surface area contributed by atoms with Crippen molar-refractivity contribution in [2.24, 2.45) is 20.5 Å². The van der Waals surface area contributed by atoms with Crippen molar-refractivity contribution in [1.82, 2.24) is 29.9 Å². The van der Waals surface area contributed by atoms with Gasteiger partial charge in [0.05, 0.1) is 17.1 Å². The third-order valence-corrected chi connectivity index (χ3v) is 10.5. The number of anilines is 6. The minimum Gasteiger partial charge on any atom is -0.396 e. The zero-order chi connectivity index (χ0) is 41.2. The number of rotatable bonds is 13. The van der Waals surface area contributed by atoms with Gasteiger partial charge in [0.15, 0.2) is 5.16 Å². The minimum atomic E-state index is -5.17. The first-order chi connectivity index (χ1) is 26.2. The third kappa shape index (κ3) is 10.3. The van der Waals surface area contributed by atoms with E-state index in [1.807, 2.05) is 0 Å². The van der Waals surface area contributed by atoms with E-state index >= 15 is 0 Å². The Morgan fingerprint density at radius 2 is 1.14 bits per heavy atom. The molecule has 294 valence electrons. The molecule has 9 N–H and O–H groups in total. The van der Waals surface area contributed by atoms with Crippen LogP contribution >= 0.6 is 47.6 Å². The third-order valence-electron chi connectivity index (χ3n) is 6.67. The number of hydrogen-bond donors (Lipinski definition) is 8. The van der Waals surface area contributed by atoms with Crippen LogP contribution in [-0.4, -0.2) is 75.1 Å². The average Bonchev–Trinajstić information content (AvgIpc) is 3.09. The Kier molecular flexibility index (Phi) is 12.6. The van der Waals surface area contributed by atoms with Gasteiger partial charge in [0.1, 0.15) is 43.3 Å². The van der Waals surface area contributed by atoms with Gasteiger partial charge in [-0.3, -0.25) is 13.7 Å². The monoisotopic (exact) mass is 904 g/mol. The normalized spacial score (nSPS) is 12.4. The molecule has 23 nitrogen and oxygen atoms in total. The zero-order valence-electron chi connectivity index (χ0n) is 27.5. The number of aromatic nitrogens is 6. The van der Waals surface area contributed by atoms with Crippen LogP contribution in [0.2, 0.25) is 10.6 Å². The maximum atomic E-state index is 12.4. The van der Waals surface area contributed by atoms with Gasteiger partial charge < -0.3 is 22.1 Å². The van der Waals surface area contributed by atoms with Crippen LogP contribution in [0.15, 0.2) is 82.8 Å². The van der Waals surface area contributed by atoms with E-state index in [-0.39, 0.29) is 50.6 Å². The number of nitrogens with zero attached hydrogens (tertiary/aromatic N) is 10. The van der Waals surface area contributed by atoms with Gasteiger partial charge in [-0.25, -0.2) is 4.98 Å². The molecule has 30 heteroatoms. The molecule has 0 radical (unpaired) electrons. The Morgan fingerprint density at radius 1 is 0.661 bits per heavy atom. The number of nitrogens with two attached hydrogens (primary N) is 2. The van der Waals surface area contributed by atoms with Crippen LogP contribution < -0.4 is 22.1 Å². The average molecular weight is 906 g/mol. The molecular weight excluding hydrogens is 884 g/mol. The summed E-state index contributed by atoms with van der Waals surface area (Å²) in [6.07, 6.45) is 1.68. The summed E-state index contributed by atoms with van der Waals surface area (Å²) >= 11 is 17.1. The van der Waals surface area contributed by atoms with Gasteiger partial charge in [-0.2, -0.15) is 62.8 Å². The summed E-state index contributed by atoms with van der Waals surface area (Å²) in [5.41, 5.74) is 8.66. The van der Waals surface area contributed by atoms with Crippen LogP contribution in [0.5, 0.6) is 0 Å². The molecular formula is C26H22Cl2N14O9S5. The van der Waals surface area contributed by atoms with Gasteiger partial charge in [-0.05, 0) is 71.9 Å². The highest BCUT2D eigenvalue weighted by atomic mass is 35.5. The predicted molar refractivity (Wildman–Crippen MR) is 207 cm³/mol. The number of benzene rings is 3. The van der Waals surface area contributed by atoms with E-state index in [1.54, 1.807) is 6.26 Å². The number of hydrogen-bond acceptors (Lipinski definition) is 22. The Morgan fingerprint density at radius 3 is 1.64 bits per heavy atom. The molecule has 0 saturated heterocycles. The van der Waals surface area contributed by atoms with Gasteiger partial charge in [0, 0.05) is 11.4 Å². The number of nitrogens with one attached hydrogen (secondary N) is 2. The Bertz CT molecular complexity index is 2780. The first kappa shape index (κ1) is 42.2. The van der Waals surface area contributed by atoms with Crippen molar-refractivity contribution in [3.63, 3.8) is 0 Å². The van der Waals surface area contributed by atoms with E-state index in [2.05, 4.69) is 73.6 Å². The van der Waals surface area contributed by atoms with E-state index in [0.29, 0.717) is 6.07 Å². The molecule has 0 unspecified atom stereocenters. The van der Waals surface area contributed by atoms with Crippen molar-refractivity contribution in [3.8, 4) is 0 Å².